The van der Waals surface area contributed by atoms with Crippen molar-refractivity contribution in [2.45, 2.75) is 0 Å². The smallest absolute Gasteiger partial charge is 0.295 e. The van der Waals surface area contributed by atoms with Gasteiger partial charge in [-0.1, -0.05) is 103 Å². The Hall–Kier alpha value is -5.74. The minimum absolute atomic E-state index is 0.0257. The lowest BCUT2D eigenvalue weighted by atomic mass is 9.84. The lowest BCUT2D eigenvalue weighted by molar-refractivity contribution is 0.795. The first-order chi connectivity index (χ1) is 21.6. The molecule has 210 valence electrons. The van der Waals surface area contributed by atoms with Gasteiger partial charge in [-0.05, 0) is 84.8 Å². The van der Waals surface area contributed by atoms with Gasteiger partial charge in [-0.15, -0.1) is 0 Å². The van der Waals surface area contributed by atoms with E-state index in [1.165, 1.54) is 43.8 Å². The van der Waals surface area contributed by atoms with Gasteiger partial charge in [0.15, 0.2) is 0 Å². The highest BCUT2D eigenvalue weighted by Crippen LogP contribution is 2.45. The molecule has 0 N–H and O–H groups in total. The predicted octanol–water partition coefficient (Wildman–Crippen LogP) is 9.25. The van der Waals surface area contributed by atoms with Gasteiger partial charge < -0.3 is 0 Å². The normalized spacial score (nSPS) is 11.5. The highest BCUT2D eigenvalue weighted by Gasteiger charge is 2.19. The Bertz CT molecular complexity index is 2400. The molecule has 4 heteroatoms. The lowest BCUT2D eigenvalue weighted by Crippen LogP contribution is -2.19. The van der Waals surface area contributed by atoms with Crippen molar-refractivity contribution in [1.29, 1.82) is 0 Å². The maximum atomic E-state index is 12.8. The van der Waals surface area contributed by atoms with E-state index in [2.05, 4.69) is 120 Å². The molecule has 0 amide bonds. The van der Waals surface area contributed by atoms with Gasteiger partial charge in [0.1, 0.15) is 0 Å². The fraction of sp³-hybridized carbons (Fsp3) is 0.0500. The second-order valence-corrected chi connectivity index (χ2v) is 11.3. The van der Waals surface area contributed by atoms with E-state index < -0.39 is 0 Å². The summed E-state index contributed by atoms with van der Waals surface area (Å²) >= 11 is 0. The quantitative estimate of drug-likeness (QED) is 0.199. The molecule has 0 aliphatic heterocycles. The fourth-order valence-corrected chi connectivity index (χ4v) is 6.64. The lowest BCUT2D eigenvalue weighted by Gasteiger charge is -2.19. The summed E-state index contributed by atoms with van der Waals surface area (Å²) in [6.07, 6.45) is 3.73. The minimum atomic E-state index is -0.0257. The first-order valence-corrected chi connectivity index (χ1v) is 14.8. The zero-order valence-electron chi connectivity index (χ0n) is 24.5. The average Bonchev–Trinajstić information content (AvgIpc) is 3.30. The molecule has 0 spiro atoms. The highest BCUT2D eigenvalue weighted by atomic mass is 16.1. The van der Waals surface area contributed by atoms with Gasteiger partial charge >= 0.3 is 5.69 Å². The van der Waals surface area contributed by atoms with Gasteiger partial charge in [0.05, 0.1) is 11.0 Å². The molecular formula is C40H29N3O. The topological polar surface area (TPSA) is 39.8 Å². The molecule has 2 heterocycles. The molecule has 4 nitrogen and oxygen atoms in total. The molecule has 0 fully saturated rings. The van der Waals surface area contributed by atoms with Crippen molar-refractivity contribution in [2.24, 2.45) is 14.1 Å². The first-order valence-electron chi connectivity index (χ1n) is 14.8. The van der Waals surface area contributed by atoms with Crippen LogP contribution in [0.3, 0.4) is 0 Å². The Kier molecular flexibility index (Phi) is 6.02. The number of rotatable bonds is 4. The number of hydrogen-bond donors (Lipinski definition) is 0. The number of imidazole rings is 1. The predicted molar refractivity (Wildman–Crippen MR) is 183 cm³/mol. The van der Waals surface area contributed by atoms with Crippen LogP contribution in [0.1, 0.15) is 0 Å². The van der Waals surface area contributed by atoms with Crippen molar-refractivity contribution in [3.05, 3.63) is 150 Å². The summed E-state index contributed by atoms with van der Waals surface area (Å²) < 4.78 is 3.43. The van der Waals surface area contributed by atoms with Crippen LogP contribution in [0.15, 0.2) is 145 Å². The van der Waals surface area contributed by atoms with Gasteiger partial charge in [-0.25, -0.2) is 4.79 Å². The molecule has 0 atom stereocenters. The van der Waals surface area contributed by atoms with Crippen LogP contribution in [0.25, 0.3) is 77.1 Å². The van der Waals surface area contributed by atoms with Gasteiger partial charge in [-0.3, -0.25) is 14.1 Å². The van der Waals surface area contributed by atoms with Crippen LogP contribution in [0.4, 0.5) is 0 Å². The van der Waals surface area contributed by atoms with Crippen LogP contribution >= 0.6 is 0 Å². The van der Waals surface area contributed by atoms with E-state index in [9.17, 15) is 4.79 Å². The van der Waals surface area contributed by atoms with E-state index in [1.807, 2.05) is 38.6 Å². The monoisotopic (exact) mass is 567 g/mol. The number of aryl methyl sites for hydroxylation is 2. The van der Waals surface area contributed by atoms with Crippen molar-refractivity contribution >= 4 is 32.6 Å². The van der Waals surface area contributed by atoms with Gasteiger partial charge in [0.25, 0.3) is 0 Å². The third-order valence-electron chi connectivity index (χ3n) is 8.86. The molecular weight excluding hydrogens is 538 g/mol. The average molecular weight is 568 g/mol. The zero-order chi connectivity index (χ0) is 29.8. The maximum Gasteiger partial charge on any atom is 0.328 e. The molecule has 8 aromatic rings. The van der Waals surface area contributed by atoms with Crippen molar-refractivity contribution in [2.75, 3.05) is 0 Å². The van der Waals surface area contributed by atoms with Crippen LogP contribution in [-0.2, 0) is 14.1 Å². The molecule has 6 aromatic carbocycles. The molecule has 0 aliphatic carbocycles. The number of pyridine rings is 1. The molecule has 0 radical (unpaired) electrons. The van der Waals surface area contributed by atoms with E-state index in [1.54, 1.807) is 9.13 Å². The van der Waals surface area contributed by atoms with Crippen molar-refractivity contribution in [3.63, 3.8) is 0 Å². The van der Waals surface area contributed by atoms with E-state index in [-0.39, 0.29) is 5.69 Å². The van der Waals surface area contributed by atoms with Gasteiger partial charge in [0.2, 0.25) is 0 Å². The molecule has 0 saturated carbocycles. The highest BCUT2D eigenvalue weighted by molar-refractivity contribution is 6.22. The van der Waals surface area contributed by atoms with E-state index in [0.717, 1.165) is 33.3 Å². The van der Waals surface area contributed by atoms with Crippen LogP contribution in [0.5, 0.6) is 0 Å². The number of nitrogens with zero attached hydrogens (tertiary/aromatic N) is 3. The molecule has 8 rings (SSSR count). The molecule has 0 bridgehead atoms. The SMILES string of the molecule is Cn1c(=O)n(C)c2cc(-c3c4ccccc4c(-c4ccc(-c5ccccc5)cc4)c4cc(-c5cccnc5)ccc34)ccc21. The Morgan fingerprint density at radius 3 is 1.75 bits per heavy atom. The summed E-state index contributed by atoms with van der Waals surface area (Å²) in [6, 6.07) is 45.3. The van der Waals surface area contributed by atoms with E-state index in [0.29, 0.717) is 0 Å². The van der Waals surface area contributed by atoms with Crippen LogP contribution in [0, 0.1) is 0 Å². The zero-order valence-corrected chi connectivity index (χ0v) is 24.5. The van der Waals surface area contributed by atoms with Crippen molar-refractivity contribution < 1.29 is 0 Å². The molecule has 0 aliphatic rings. The molecule has 0 saturated heterocycles. The van der Waals surface area contributed by atoms with Crippen molar-refractivity contribution in [1.82, 2.24) is 14.1 Å². The third kappa shape index (κ3) is 4.07. The molecule has 44 heavy (non-hydrogen) atoms. The van der Waals surface area contributed by atoms with Gasteiger partial charge in [0, 0.05) is 32.1 Å². The summed E-state index contributed by atoms with van der Waals surface area (Å²) in [7, 11) is 3.67. The van der Waals surface area contributed by atoms with E-state index >= 15 is 0 Å². The van der Waals surface area contributed by atoms with Crippen molar-refractivity contribution in [3.8, 4) is 44.5 Å². The number of aromatic nitrogens is 3. The fourth-order valence-electron chi connectivity index (χ4n) is 6.64. The number of benzene rings is 6. The number of hydrogen-bond acceptors (Lipinski definition) is 2. The first kappa shape index (κ1) is 25.9. The second-order valence-electron chi connectivity index (χ2n) is 11.3. The van der Waals surface area contributed by atoms with Gasteiger partial charge in [-0.2, -0.15) is 0 Å². The standard InChI is InChI=1S/C40H29N3O/c1-42-36-21-19-30(24-37(36)43(2)40(42)44)39-33-13-7-6-12-32(33)38(28-16-14-27(15-17-28)26-9-4-3-5-10-26)35-23-29(18-20-34(35)39)31-11-8-22-41-25-31/h3-25H,1-2H3. The van der Waals surface area contributed by atoms with Crippen LogP contribution in [0.2, 0.25) is 0 Å². The largest absolute Gasteiger partial charge is 0.328 e. The Labute approximate surface area is 255 Å². The Morgan fingerprint density at radius 2 is 1.02 bits per heavy atom. The third-order valence-corrected chi connectivity index (χ3v) is 8.86. The molecule has 0 unspecified atom stereocenters. The summed E-state index contributed by atoms with van der Waals surface area (Å²) in [5.41, 5.74) is 11.0. The Balaban J connectivity index is 1.45. The maximum absolute atomic E-state index is 12.8. The second kappa shape index (κ2) is 10.2. The Morgan fingerprint density at radius 1 is 0.455 bits per heavy atom. The molecule has 2 aromatic heterocycles. The summed E-state index contributed by atoms with van der Waals surface area (Å²) in [5.74, 6) is 0. The minimum Gasteiger partial charge on any atom is -0.295 e. The van der Waals surface area contributed by atoms with E-state index in [4.69, 9.17) is 0 Å². The van der Waals surface area contributed by atoms with Crippen LogP contribution < -0.4 is 5.69 Å². The summed E-state index contributed by atoms with van der Waals surface area (Å²) in [4.78, 5) is 17.2. The summed E-state index contributed by atoms with van der Waals surface area (Å²) in [5, 5.41) is 4.71. The van der Waals surface area contributed by atoms with Crippen LogP contribution in [-0.4, -0.2) is 14.1 Å². The number of fused-ring (bicyclic) bond motifs is 3. The summed E-state index contributed by atoms with van der Waals surface area (Å²) in [6.45, 7) is 0.